The number of benzene rings is 2. The number of methoxy groups -OCH3 is 1. The highest BCUT2D eigenvalue weighted by molar-refractivity contribution is 6.30. The fourth-order valence-corrected chi connectivity index (χ4v) is 2.47. The zero-order valence-electron chi connectivity index (χ0n) is 11.3. The van der Waals surface area contributed by atoms with Gasteiger partial charge in [0, 0.05) is 10.9 Å². The first-order chi connectivity index (χ1) is 9.63. The van der Waals surface area contributed by atoms with Crippen molar-refractivity contribution in [2.45, 2.75) is 12.3 Å². The van der Waals surface area contributed by atoms with Crippen LogP contribution in [0, 0.1) is 5.82 Å². The Kier molecular flexibility index (Phi) is 4.99. The number of ether oxygens (including phenoxy) is 1. The summed E-state index contributed by atoms with van der Waals surface area (Å²) in [5, 5.41) is 0.673. The van der Waals surface area contributed by atoms with Crippen molar-refractivity contribution in [3.8, 4) is 5.75 Å². The van der Waals surface area contributed by atoms with E-state index in [9.17, 15) is 4.39 Å². The first kappa shape index (κ1) is 14.8. The molecule has 20 heavy (non-hydrogen) atoms. The summed E-state index contributed by atoms with van der Waals surface area (Å²) in [5.74, 6) is 0.471. The van der Waals surface area contributed by atoms with E-state index in [1.807, 2.05) is 24.3 Å². The normalized spacial score (nSPS) is 12.2. The van der Waals surface area contributed by atoms with Crippen LogP contribution in [-0.4, -0.2) is 13.7 Å². The third kappa shape index (κ3) is 3.50. The van der Waals surface area contributed by atoms with Gasteiger partial charge in [0.15, 0.2) is 0 Å². The van der Waals surface area contributed by atoms with Crippen LogP contribution in [0.25, 0.3) is 0 Å². The highest BCUT2D eigenvalue weighted by Crippen LogP contribution is 2.28. The molecule has 2 aromatic carbocycles. The Bertz CT molecular complexity index is 588. The molecular weight excluding hydrogens is 277 g/mol. The third-order valence-corrected chi connectivity index (χ3v) is 3.55. The Balaban J connectivity index is 2.28. The molecule has 1 atom stereocenters. The number of hydrogen-bond donors (Lipinski definition) is 1. The Hall–Kier alpha value is -1.58. The summed E-state index contributed by atoms with van der Waals surface area (Å²) >= 11 is 6.01. The molecule has 2 rings (SSSR count). The summed E-state index contributed by atoms with van der Waals surface area (Å²) in [5.41, 5.74) is 7.71. The zero-order chi connectivity index (χ0) is 14.5. The maximum absolute atomic E-state index is 13.4. The van der Waals surface area contributed by atoms with Gasteiger partial charge in [-0.25, -0.2) is 4.39 Å². The molecule has 2 aromatic rings. The van der Waals surface area contributed by atoms with Crippen LogP contribution in [0.4, 0.5) is 4.39 Å². The van der Waals surface area contributed by atoms with Crippen molar-refractivity contribution < 1.29 is 9.13 Å². The molecule has 0 saturated carbocycles. The number of nitrogens with two attached hydrogens (primary N) is 1. The minimum Gasteiger partial charge on any atom is -0.496 e. The fourth-order valence-electron chi connectivity index (χ4n) is 2.27. The summed E-state index contributed by atoms with van der Waals surface area (Å²) < 4.78 is 18.7. The molecule has 0 fully saturated rings. The largest absolute Gasteiger partial charge is 0.496 e. The van der Waals surface area contributed by atoms with Gasteiger partial charge in [-0.1, -0.05) is 23.7 Å². The minimum absolute atomic E-state index is 0.0735. The third-order valence-electron chi connectivity index (χ3n) is 3.31. The van der Waals surface area contributed by atoms with Crippen LogP contribution in [0.5, 0.6) is 5.75 Å². The van der Waals surface area contributed by atoms with Gasteiger partial charge in [0.1, 0.15) is 11.6 Å². The quantitative estimate of drug-likeness (QED) is 0.911. The van der Waals surface area contributed by atoms with Crippen molar-refractivity contribution in [1.29, 1.82) is 0 Å². The molecule has 0 aliphatic heterocycles. The van der Waals surface area contributed by atoms with E-state index in [-0.39, 0.29) is 11.7 Å². The van der Waals surface area contributed by atoms with Crippen molar-refractivity contribution >= 4 is 11.6 Å². The smallest absolute Gasteiger partial charge is 0.123 e. The van der Waals surface area contributed by atoms with Gasteiger partial charge < -0.3 is 10.5 Å². The summed E-state index contributed by atoms with van der Waals surface area (Å²) in [7, 11) is 1.58. The van der Waals surface area contributed by atoms with Crippen LogP contribution < -0.4 is 10.5 Å². The standard InChI is InChI=1S/C16H17ClFNO/c1-20-16-6-5-15(18)9-12(16)7-13(10-19)11-3-2-4-14(17)8-11/h2-6,8-9,13H,7,10,19H2,1H3. The van der Waals surface area contributed by atoms with Crippen molar-refractivity contribution in [3.63, 3.8) is 0 Å². The van der Waals surface area contributed by atoms with Crippen molar-refractivity contribution in [2.24, 2.45) is 5.73 Å². The average Bonchev–Trinajstić information content (AvgIpc) is 2.45. The zero-order valence-corrected chi connectivity index (χ0v) is 12.0. The molecule has 0 radical (unpaired) electrons. The highest BCUT2D eigenvalue weighted by Gasteiger charge is 2.14. The van der Waals surface area contributed by atoms with Crippen LogP contribution >= 0.6 is 11.6 Å². The van der Waals surface area contributed by atoms with Crippen molar-refractivity contribution in [2.75, 3.05) is 13.7 Å². The summed E-state index contributed by atoms with van der Waals surface area (Å²) in [4.78, 5) is 0. The second-order valence-electron chi connectivity index (χ2n) is 4.65. The number of hydrogen-bond acceptors (Lipinski definition) is 2. The average molecular weight is 294 g/mol. The van der Waals surface area contributed by atoms with E-state index < -0.39 is 0 Å². The van der Waals surface area contributed by atoms with Gasteiger partial charge in [-0.3, -0.25) is 0 Å². The van der Waals surface area contributed by atoms with E-state index in [0.717, 1.165) is 11.1 Å². The monoisotopic (exact) mass is 293 g/mol. The first-order valence-electron chi connectivity index (χ1n) is 6.42. The molecule has 106 valence electrons. The van der Waals surface area contributed by atoms with E-state index in [2.05, 4.69) is 0 Å². The highest BCUT2D eigenvalue weighted by atomic mass is 35.5. The molecule has 0 amide bonds. The number of halogens is 2. The molecule has 4 heteroatoms. The Morgan fingerprint density at radius 2 is 2.05 bits per heavy atom. The van der Waals surface area contributed by atoms with Crippen molar-refractivity contribution in [1.82, 2.24) is 0 Å². The Morgan fingerprint density at radius 3 is 2.70 bits per heavy atom. The molecule has 1 unspecified atom stereocenters. The van der Waals surface area contributed by atoms with Gasteiger partial charge in [-0.15, -0.1) is 0 Å². The molecule has 0 bridgehead atoms. The molecule has 2 nitrogen and oxygen atoms in total. The van der Waals surface area contributed by atoms with Crippen LogP contribution in [0.1, 0.15) is 17.0 Å². The Morgan fingerprint density at radius 1 is 1.25 bits per heavy atom. The molecule has 0 aliphatic rings. The molecular formula is C16H17ClFNO. The minimum atomic E-state index is -0.275. The summed E-state index contributed by atoms with van der Waals surface area (Å²) in [6.45, 7) is 0.458. The van der Waals surface area contributed by atoms with Gasteiger partial charge in [-0.05, 0) is 54.4 Å². The first-order valence-corrected chi connectivity index (χ1v) is 6.79. The van der Waals surface area contributed by atoms with E-state index >= 15 is 0 Å². The number of rotatable bonds is 5. The lowest BCUT2D eigenvalue weighted by Gasteiger charge is -2.17. The molecule has 0 aliphatic carbocycles. The van der Waals surface area contributed by atoms with E-state index in [4.69, 9.17) is 22.1 Å². The van der Waals surface area contributed by atoms with Gasteiger partial charge in [0.05, 0.1) is 7.11 Å². The second kappa shape index (κ2) is 6.73. The summed E-state index contributed by atoms with van der Waals surface area (Å²) in [6.07, 6.45) is 0.609. The molecule has 2 N–H and O–H groups in total. The summed E-state index contributed by atoms with van der Waals surface area (Å²) in [6, 6.07) is 12.1. The van der Waals surface area contributed by atoms with Crippen LogP contribution in [0.15, 0.2) is 42.5 Å². The van der Waals surface area contributed by atoms with Gasteiger partial charge >= 0.3 is 0 Å². The lowest BCUT2D eigenvalue weighted by atomic mass is 9.91. The predicted octanol–water partition coefficient (Wildman–Crippen LogP) is 3.77. The van der Waals surface area contributed by atoms with Gasteiger partial charge in [0.2, 0.25) is 0 Å². The lowest BCUT2D eigenvalue weighted by molar-refractivity contribution is 0.406. The molecule has 0 aromatic heterocycles. The molecule has 0 saturated heterocycles. The second-order valence-corrected chi connectivity index (χ2v) is 5.08. The molecule has 0 spiro atoms. The maximum Gasteiger partial charge on any atom is 0.123 e. The van der Waals surface area contributed by atoms with Gasteiger partial charge in [0.25, 0.3) is 0 Å². The lowest BCUT2D eigenvalue weighted by Crippen LogP contribution is -2.15. The van der Waals surface area contributed by atoms with Crippen LogP contribution in [0.2, 0.25) is 5.02 Å². The van der Waals surface area contributed by atoms with E-state index in [1.54, 1.807) is 13.2 Å². The Labute approximate surface area is 123 Å². The molecule has 0 heterocycles. The maximum atomic E-state index is 13.4. The van der Waals surface area contributed by atoms with Crippen molar-refractivity contribution in [3.05, 3.63) is 64.4 Å². The van der Waals surface area contributed by atoms with Crippen LogP contribution in [-0.2, 0) is 6.42 Å². The van der Waals surface area contributed by atoms with Crippen LogP contribution in [0.3, 0.4) is 0 Å². The SMILES string of the molecule is COc1ccc(F)cc1CC(CN)c1cccc(Cl)c1. The fraction of sp³-hybridized carbons (Fsp3) is 0.250. The van der Waals surface area contributed by atoms with E-state index in [0.29, 0.717) is 23.7 Å². The van der Waals surface area contributed by atoms with E-state index in [1.165, 1.54) is 12.1 Å². The topological polar surface area (TPSA) is 35.2 Å². The predicted molar refractivity (Wildman–Crippen MR) is 79.9 cm³/mol. The van der Waals surface area contributed by atoms with Gasteiger partial charge in [-0.2, -0.15) is 0 Å².